The lowest BCUT2D eigenvalue weighted by atomic mass is 9.99. The van der Waals surface area contributed by atoms with Crippen molar-refractivity contribution in [2.45, 2.75) is 19.8 Å². The van der Waals surface area contributed by atoms with Crippen molar-refractivity contribution in [1.82, 2.24) is 0 Å². The summed E-state index contributed by atoms with van der Waals surface area (Å²) in [5.74, 6) is -4.94. The van der Waals surface area contributed by atoms with Crippen LogP contribution in [0.5, 0.6) is 0 Å². The molecule has 0 aromatic heterocycles. The highest BCUT2D eigenvalue weighted by molar-refractivity contribution is 5.72. The molecule has 0 spiro atoms. The van der Waals surface area contributed by atoms with Crippen LogP contribution in [-0.2, 0) is 22.4 Å². The first-order valence-electron chi connectivity index (χ1n) is 4.72. The van der Waals surface area contributed by atoms with E-state index in [1.807, 2.05) is 0 Å². The number of hydrogen-bond acceptors (Lipinski definition) is 2. The van der Waals surface area contributed by atoms with Gasteiger partial charge in [0.2, 0.25) is 0 Å². The van der Waals surface area contributed by atoms with Gasteiger partial charge in [-0.05, 0) is 18.1 Å². The lowest BCUT2D eigenvalue weighted by molar-refractivity contribution is -0.137. The Bertz CT molecular complexity index is 443. The smallest absolute Gasteiger partial charge is 0.307 e. The Hall–Kier alpha value is -1.98. The molecule has 0 saturated carbocycles. The van der Waals surface area contributed by atoms with E-state index in [1.165, 1.54) is 6.92 Å². The van der Waals surface area contributed by atoms with Gasteiger partial charge in [0.05, 0.1) is 12.8 Å². The van der Waals surface area contributed by atoms with Crippen molar-refractivity contribution in [3.05, 3.63) is 34.4 Å². The summed E-state index contributed by atoms with van der Waals surface area (Å²) in [6.07, 6.45) is -1.16. The van der Waals surface area contributed by atoms with Gasteiger partial charge in [0.1, 0.15) is 0 Å². The Morgan fingerprint density at radius 2 is 1.53 bits per heavy atom. The number of rotatable bonds is 4. The van der Waals surface area contributed by atoms with Crippen molar-refractivity contribution in [2.75, 3.05) is 0 Å². The predicted molar refractivity (Wildman–Crippen MR) is 53.8 cm³/mol. The zero-order chi connectivity index (χ0) is 13.2. The second-order valence-corrected chi connectivity index (χ2v) is 3.59. The van der Waals surface area contributed by atoms with Crippen molar-refractivity contribution in [1.29, 1.82) is 0 Å². The zero-order valence-electron chi connectivity index (χ0n) is 8.96. The minimum absolute atomic E-state index is 0.0765. The van der Waals surface area contributed by atoms with E-state index in [-0.39, 0.29) is 16.7 Å². The maximum absolute atomic E-state index is 13.4. The minimum Gasteiger partial charge on any atom is -0.481 e. The molecule has 4 nitrogen and oxygen atoms in total. The second kappa shape index (κ2) is 4.90. The van der Waals surface area contributed by atoms with Gasteiger partial charge in [0.15, 0.2) is 11.6 Å². The zero-order valence-corrected chi connectivity index (χ0v) is 8.96. The molecule has 0 atom stereocenters. The van der Waals surface area contributed by atoms with Crippen molar-refractivity contribution < 1.29 is 28.6 Å². The van der Waals surface area contributed by atoms with Gasteiger partial charge in [0.25, 0.3) is 0 Å². The summed E-state index contributed by atoms with van der Waals surface area (Å²) in [6, 6.07) is 1.08. The molecule has 0 unspecified atom stereocenters. The van der Waals surface area contributed by atoms with Crippen molar-refractivity contribution in [2.24, 2.45) is 0 Å². The fourth-order valence-corrected chi connectivity index (χ4v) is 1.47. The number of carboxylic acids is 2. The number of halogens is 2. The molecule has 0 radical (unpaired) electrons. The molecule has 6 heteroatoms. The van der Waals surface area contributed by atoms with Gasteiger partial charge in [-0.2, -0.15) is 0 Å². The molecule has 92 valence electrons. The third-order valence-corrected chi connectivity index (χ3v) is 2.32. The summed E-state index contributed by atoms with van der Waals surface area (Å²) in [7, 11) is 0. The standard InChI is InChI=1S/C11H10F2O4/c1-5-6(3-8(14)15)2-7(4-9(16)17)11(13)10(5)12/h2H,3-4H2,1H3,(H,14,15)(H,16,17). The Balaban J connectivity index is 3.28. The Morgan fingerprint density at radius 3 is 2.00 bits per heavy atom. The number of carbonyl (C=O) groups is 2. The first kappa shape index (κ1) is 13.1. The average molecular weight is 244 g/mol. The molecule has 1 aromatic carbocycles. The van der Waals surface area contributed by atoms with Crippen LogP contribution in [0.15, 0.2) is 6.07 Å². The number of benzene rings is 1. The fraction of sp³-hybridized carbons (Fsp3) is 0.273. The molecule has 0 heterocycles. The molecule has 0 fully saturated rings. The number of carboxylic acid groups (broad SMARTS) is 2. The number of aliphatic carboxylic acids is 2. The first-order valence-corrected chi connectivity index (χ1v) is 4.72. The van der Waals surface area contributed by atoms with Gasteiger partial charge >= 0.3 is 11.9 Å². The molecule has 2 N–H and O–H groups in total. The SMILES string of the molecule is Cc1c(CC(=O)O)cc(CC(=O)O)c(F)c1F. The Kier molecular flexibility index (Phi) is 3.77. The van der Waals surface area contributed by atoms with Crippen molar-refractivity contribution >= 4 is 11.9 Å². The van der Waals surface area contributed by atoms with Gasteiger partial charge in [0, 0.05) is 5.56 Å². The van der Waals surface area contributed by atoms with Crippen LogP contribution in [0.4, 0.5) is 8.78 Å². The fourth-order valence-electron chi connectivity index (χ4n) is 1.47. The topological polar surface area (TPSA) is 74.6 Å². The quantitative estimate of drug-likeness (QED) is 0.842. The van der Waals surface area contributed by atoms with E-state index in [0.29, 0.717) is 0 Å². The third kappa shape index (κ3) is 2.99. The van der Waals surface area contributed by atoms with E-state index in [1.54, 1.807) is 0 Å². The van der Waals surface area contributed by atoms with Crippen LogP contribution in [0, 0.1) is 18.6 Å². The first-order chi connectivity index (χ1) is 7.82. The molecule has 0 bridgehead atoms. The average Bonchev–Trinajstić information content (AvgIpc) is 2.20. The van der Waals surface area contributed by atoms with E-state index in [9.17, 15) is 18.4 Å². The van der Waals surface area contributed by atoms with E-state index in [2.05, 4.69) is 0 Å². The molecular weight excluding hydrogens is 234 g/mol. The highest BCUT2D eigenvalue weighted by Gasteiger charge is 2.18. The minimum atomic E-state index is -1.31. The number of hydrogen-bond donors (Lipinski definition) is 2. The van der Waals surface area contributed by atoms with Gasteiger partial charge in [-0.15, -0.1) is 0 Å². The second-order valence-electron chi connectivity index (χ2n) is 3.59. The van der Waals surface area contributed by atoms with Crippen LogP contribution in [0.2, 0.25) is 0 Å². The van der Waals surface area contributed by atoms with E-state index >= 15 is 0 Å². The summed E-state index contributed by atoms with van der Waals surface area (Å²) in [5.41, 5.74) is -0.386. The highest BCUT2D eigenvalue weighted by Crippen LogP contribution is 2.21. The van der Waals surface area contributed by atoms with Crippen LogP contribution in [0.1, 0.15) is 16.7 Å². The normalized spacial score (nSPS) is 10.3. The van der Waals surface area contributed by atoms with Gasteiger partial charge in [-0.1, -0.05) is 6.07 Å². The molecule has 0 aliphatic heterocycles. The van der Waals surface area contributed by atoms with Gasteiger partial charge < -0.3 is 10.2 Å². The summed E-state index contributed by atoms with van der Waals surface area (Å²) in [6.45, 7) is 1.25. The van der Waals surface area contributed by atoms with Gasteiger partial charge in [-0.25, -0.2) is 8.78 Å². The molecule has 1 aromatic rings. The molecular formula is C11H10F2O4. The van der Waals surface area contributed by atoms with Crippen LogP contribution in [0.3, 0.4) is 0 Å². The molecule has 0 aliphatic rings. The molecule has 1 rings (SSSR count). The van der Waals surface area contributed by atoms with Crippen LogP contribution < -0.4 is 0 Å². The monoisotopic (exact) mass is 244 g/mol. The van der Waals surface area contributed by atoms with E-state index in [4.69, 9.17) is 10.2 Å². The van der Waals surface area contributed by atoms with Crippen molar-refractivity contribution in [3.8, 4) is 0 Å². The third-order valence-electron chi connectivity index (χ3n) is 2.32. The van der Waals surface area contributed by atoms with Crippen molar-refractivity contribution in [3.63, 3.8) is 0 Å². The Morgan fingerprint density at radius 1 is 1.06 bits per heavy atom. The predicted octanol–water partition coefficient (Wildman–Crippen LogP) is 1.53. The lowest BCUT2D eigenvalue weighted by Crippen LogP contribution is -2.10. The summed E-state index contributed by atoms with van der Waals surface area (Å²) < 4.78 is 26.7. The van der Waals surface area contributed by atoms with E-state index < -0.39 is 36.4 Å². The Labute approximate surface area is 95.5 Å². The van der Waals surface area contributed by atoms with Crippen LogP contribution in [-0.4, -0.2) is 22.2 Å². The summed E-state index contributed by atoms with van der Waals surface area (Å²) >= 11 is 0. The van der Waals surface area contributed by atoms with Gasteiger partial charge in [-0.3, -0.25) is 9.59 Å². The molecule has 0 aliphatic carbocycles. The van der Waals surface area contributed by atoms with Crippen LogP contribution >= 0.6 is 0 Å². The maximum Gasteiger partial charge on any atom is 0.307 e. The van der Waals surface area contributed by atoms with E-state index in [0.717, 1.165) is 6.07 Å². The maximum atomic E-state index is 13.4. The largest absolute Gasteiger partial charge is 0.481 e. The summed E-state index contributed by atoms with van der Waals surface area (Å²) in [5, 5.41) is 17.1. The lowest BCUT2D eigenvalue weighted by Gasteiger charge is -2.09. The van der Waals surface area contributed by atoms with Crippen LogP contribution in [0.25, 0.3) is 0 Å². The molecule has 17 heavy (non-hydrogen) atoms. The highest BCUT2D eigenvalue weighted by atomic mass is 19.2. The molecule has 0 amide bonds. The molecule has 0 saturated heterocycles. The summed E-state index contributed by atoms with van der Waals surface area (Å²) in [4.78, 5) is 21.0.